The maximum absolute atomic E-state index is 14.1. The Kier molecular flexibility index (Phi) is 18.6. The number of rotatable bonds is 14. The van der Waals surface area contributed by atoms with Crippen LogP contribution in [0.25, 0.3) is 0 Å². The molecule has 0 spiro atoms. The number of nitrogens with zero attached hydrogens (tertiary/aromatic N) is 3. The van der Waals surface area contributed by atoms with Gasteiger partial charge in [0.25, 0.3) is 5.91 Å². The van der Waals surface area contributed by atoms with Crippen molar-refractivity contribution in [3.8, 4) is 17.2 Å². The molecule has 1 aliphatic heterocycles. The highest BCUT2D eigenvalue weighted by molar-refractivity contribution is 7.53. The van der Waals surface area contributed by atoms with Crippen molar-refractivity contribution in [1.82, 2.24) is 9.97 Å². The number of thiazole rings is 1. The average Bonchev–Trinajstić information content (AvgIpc) is 3.54. The van der Waals surface area contributed by atoms with E-state index >= 15 is 0 Å². The zero-order chi connectivity index (χ0) is 37.1. The molecule has 2 aromatic heterocycles. The van der Waals surface area contributed by atoms with Crippen LogP contribution in [0.5, 0.6) is 17.2 Å². The molecule has 0 bridgehead atoms. The van der Waals surface area contributed by atoms with E-state index in [0.717, 1.165) is 17.0 Å². The molecular formula is C33H46N3O12PS. The third-order valence-electron chi connectivity index (χ3n) is 6.24. The minimum atomic E-state index is -3.37. The van der Waals surface area contributed by atoms with Crippen LogP contribution >= 0.6 is 18.9 Å². The highest BCUT2D eigenvalue weighted by Gasteiger charge is 2.31. The molecule has 0 aliphatic carbocycles. The van der Waals surface area contributed by atoms with Gasteiger partial charge in [-0.25, -0.2) is 14.7 Å². The summed E-state index contributed by atoms with van der Waals surface area (Å²) in [6.07, 6.45) is 1.15. The van der Waals surface area contributed by atoms with Crippen LogP contribution in [0.4, 0.5) is 9.93 Å². The van der Waals surface area contributed by atoms with Crippen molar-refractivity contribution < 1.29 is 56.4 Å². The first-order valence-corrected chi connectivity index (χ1v) is 18.2. The van der Waals surface area contributed by atoms with Crippen LogP contribution < -0.4 is 14.4 Å². The number of carbonyl (C=O) groups excluding carboxylic acids is 3. The topological polar surface area (TPSA) is 171 Å². The summed E-state index contributed by atoms with van der Waals surface area (Å²) in [5.41, 5.74) is 1.39. The van der Waals surface area contributed by atoms with Gasteiger partial charge in [0.15, 0.2) is 11.9 Å². The van der Waals surface area contributed by atoms with Crippen molar-refractivity contribution in [3.05, 3.63) is 58.9 Å². The summed E-state index contributed by atoms with van der Waals surface area (Å²) >= 11 is 1.11. The maximum atomic E-state index is 14.1. The third kappa shape index (κ3) is 14.1. The summed E-state index contributed by atoms with van der Waals surface area (Å²) < 4.78 is 55.9. The molecule has 4 rings (SSSR count). The fourth-order valence-corrected chi connectivity index (χ4v) is 6.64. The van der Waals surface area contributed by atoms with Gasteiger partial charge in [-0.2, -0.15) is 0 Å². The van der Waals surface area contributed by atoms with Crippen LogP contribution in [0.3, 0.4) is 0 Å². The SMILES string of the molecule is C=O.CCC(COC)Oc1cc(Oc2ccc(C)nc2)cc(C(=O)N(COC(=O)OC(C)C)c2nc(CP3(=O)OCCCO3)cs2)c1.COC. The van der Waals surface area contributed by atoms with Crippen molar-refractivity contribution >= 4 is 42.9 Å². The largest absolute Gasteiger partial charge is 0.510 e. The van der Waals surface area contributed by atoms with Crippen molar-refractivity contribution in [2.75, 3.05) is 52.8 Å². The maximum Gasteiger partial charge on any atom is 0.510 e. The molecule has 276 valence electrons. The Labute approximate surface area is 296 Å². The zero-order valence-corrected chi connectivity index (χ0v) is 31.2. The molecule has 3 aromatic rings. The minimum absolute atomic E-state index is 0.0639. The average molecular weight is 740 g/mol. The molecular weight excluding hydrogens is 693 g/mol. The molecule has 1 aromatic carbocycles. The Morgan fingerprint density at radius 3 is 2.34 bits per heavy atom. The molecule has 1 aliphatic rings. The van der Waals surface area contributed by atoms with E-state index in [0.29, 0.717) is 55.6 Å². The van der Waals surface area contributed by atoms with Gasteiger partial charge in [0.2, 0.25) is 0 Å². The molecule has 0 radical (unpaired) electrons. The number of hydrogen-bond donors (Lipinski definition) is 0. The van der Waals surface area contributed by atoms with Gasteiger partial charge in [0.1, 0.15) is 30.1 Å². The molecule has 50 heavy (non-hydrogen) atoms. The van der Waals surface area contributed by atoms with Crippen molar-refractivity contribution in [1.29, 1.82) is 0 Å². The molecule has 1 fully saturated rings. The lowest BCUT2D eigenvalue weighted by Gasteiger charge is -2.22. The van der Waals surface area contributed by atoms with Gasteiger partial charge in [0, 0.05) is 44.0 Å². The monoisotopic (exact) mass is 739 g/mol. The second-order valence-electron chi connectivity index (χ2n) is 10.8. The van der Waals surface area contributed by atoms with E-state index in [1.165, 1.54) is 4.90 Å². The Bertz CT molecular complexity index is 1510. The number of carbonyl (C=O) groups is 3. The van der Waals surface area contributed by atoms with Gasteiger partial charge in [-0.15, -0.1) is 11.3 Å². The molecule has 0 saturated carbocycles. The predicted molar refractivity (Wildman–Crippen MR) is 186 cm³/mol. The Balaban J connectivity index is 0.00000164. The fraction of sp³-hybridized carbons (Fsp3) is 0.485. The van der Waals surface area contributed by atoms with Crippen molar-refractivity contribution in [3.63, 3.8) is 0 Å². The third-order valence-corrected chi connectivity index (χ3v) is 9.01. The van der Waals surface area contributed by atoms with E-state index in [9.17, 15) is 14.2 Å². The molecule has 17 heteroatoms. The molecule has 1 amide bonds. The lowest BCUT2D eigenvalue weighted by molar-refractivity contribution is -0.0980. The summed E-state index contributed by atoms with van der Waals surface area (Å²) in [4.78, 5) is 44.4. The minimum Gasteiger partial charge on any atom is -0.488 e. The first-order chi connectivity index (χ1) is 24.0. The number of hydrogen-bond acceptors (Lipinski definition) is 15. The molecule has 1 atom stereocenters. The van der Waals surface area contributed by atoms with E-state index in [2.05, 4.69) is 14.7 Å². The Hall–Kier alpha value is -3.92. The summed E-state index contributed by atoms with van der Waals surface area (Å²) in [7, 11) is 1.47. The Morgan fingerprint density at radius 2 is 1.74 bits per heavy atom. The summed E-state index contributed by atoms with van der Waals surface area (Å²) in [5, 5.41) is 1.84. The molecule has 0 N–H and O–H groups in total. The number of amides is 1. The number of aryl methyl sites for hydroxylation is 1. The van der Waals surface area contributed by atoms with Gasteiger partial charge < -0.3 is 42.3 Å². The molecule has 1 unspecified atom stereocenters. The lowest BCUT2D eigenvalue weighted by atomic mass is 10.1. The van der Waals surface area contributed by atoms with Crippen LogP contribution in [0.1, 0.15) is 55.4 Å². The van der Waals surface area contributed by atoms with Gasteiger partial charge in [-0.3, -0.25) is 14.3 Å². The van der Waals surface area contributed by atoms with Gasteiger partial charge in [-0.05, 0) is 57.9 Å². The number of anilines is 1. The number of ether oxygens (including phenoxy) is 6. The van der Waals surface area contributed by atoms with Crippen LogP contribution in [0.2, 0.25) is 0 Å². The fourth-order valence-electron chi connectivity index (χ4n) is 4.07. The van der Waals surface area contributed by atoms with Crippen LogP contribution in [-0.2, 0) is 43.5 Å². The normalized spacial score (nSPS) is 13.8. The second-order valence-corrected chi connectivity index (χ2v) is 13.7. The highest BCUT2D eigenvalue weighted by atomic mass is 32.1. The predicted octanol–water partition coefficient (Wildman–Crippen LogP) is 6.82. The number of methoxy groups -OCH3 is 2. The van der Waals surface area contributed by atoms with Crippen LogP contribution in [-0.4, -0.2) is 88.9 Å². The number of benzene rings is 1. The van der Waals surface area contributed by atoms with Crippen LogP contribution in [0.15, 0.2) is 41.9 Å². The van der Waals surface area contributed by atoms with E-state index in [1.807, 2.05) is 20.6 Å². The number of pyridine rings is 1. The van der Waals surface area contributed by atoms with E-state index in [-0.39, 0.29) is 23.0 Å². The van der Waals surface area contributed by atoms with E-state index < -0.39 is 32.5 Å². The smallest absolute Gasteiger partial charge is 0.488 e. The molecule has 15 nitrogen and oxygen atoms in total. The van der Waals surface area contributed by atoms with E-state index in [1.54, 1.807) is 77.1 Å². The second kappa shape index (κ2) is 22.0. The van der Waals surface area contributed by atoms with E-state index in [4.69, 9.17) is 37.5 Å². The molecule has 3 heterocycles. The lowest BCUT2D eigenvalue weighted by Crippen LogP contribution is -2.34. The summed E-state index contributed by atoms with van der Waals surface area (Å²) in [5.74, 6) is 0.577. The Morgan fingerprint density at radius 1 is 1.06 bits per heavy atom. The summed E-state index contributed by atoms with van der Waals surface area (Å²) in [6, 6.07) is 8.35. The van der Waals surface area contributed by atoms with Crippen molar-refractivity contribution in [2.45, 2.75) is 58.9 Å². The highest BCUT2D eigenvalue weighted by Crippen LogP contribution is 2.53. The summed E-state index contributed by atoms with van der Waals surface area (Å²) in [6.45, 7) is 9.67. The quantitative estimate of drug-likeness (QED) is 0.0958. The molecule has 1 saturated heterocycles. The zero-order valence-electron chi connectivity index (χ0n) is 29.4. The van der Waals surface area contributed by atoms with Crippen molar-refractivity contribution in [2.24, 2.45) is 0 Å². The van der Waals surface area contributed by atoms with Gasteiger partial charge in [0.05, 0.1) is 44.0 Å². The van der Waals surface area contributed by atoms with Crippen LogP contribution in [0, 0.1) is 6.92 Å². The first-order valence-electron chi connectivity index (χ1n) is 15.6. The first kappa shape index (κ1) is 42.2. The standard InChI is InChI=1S/C30H38N3O10PS.C2H6O.CH2O/c1-6-24(16-37-5)42-26-12-22(13-27(14-26)43-25-9-8-21(4)31-15-25)28(34)33(19-38-30(35)41-20(2)3)29-32-23(18-45-29)17-44(36)39-10-7-11-40-44;1-3-2;1-2/h8-9,12-15,18,20,24H,6-7,10-11,16-17,19H2,1-5H3;1-2H3;1H2. The van der Waals surface area contributed by atoms with Gasteiger partial charge in [-0.1, -0.05) is 6.92 Å². The van der Waals surface area contributed by atoms with Gasteiger partial charge >= 0.3 is 13.8 Å². The number of aromatic nitrogens is 2.